The maximum absolute atomic E-state index is 11.7. The molecule has 29 heavy (non-hydrogen) atoms. The molecule has 0 fully saturated rings. The second kappa shape index (κ2) is 6.79. The predicted molar refractivity (Wildman–Crippen MR) is 115 cm³/mol. The van der Waals surface area contributed by atoms with Crippen LogP contribution in [0.15, 0.2) is 72.8 Å². The minimum atomic E-state index is 0.0238. The molecule has 0 saturated heterocycles. The van der Waals surface area contributed by atoms with E-state index in [1.54, 1.807) is 6.92 Å². The molecule has 3 aromatic carbocycles. The van der Waals surface area contributed by atoms with E-state index in [-0.39, 0.29) is 5.78 Å². The van der Waals surface area contributed by atoms with Gasteiger partial charge in [-0.25, -0.2) is 15.0 Å². The first-order valence-electron chi connectivity index (χ1n) is 9.13. The molecule has 5 rings (SSSR count). The Morgan fingerprint density at radius 3 is 2.14 bits per heavy atom. The highest BCUT2D eigenvalue weighted by atomic mass is 35.5. The molecule has 6 heteroatoms. The normalized spacial score (nSPS) is 11.2. The number of carbonyl (C=O) groups is 1. The van der Waals surface area contributed by atoms with Crippen LogP contribution in [-0.4, -0.2) is 25.3 Å². The summed E-state index contributed by atoms with van der Waals surface area (Å²) < 4.78 is 1.96. The molecule has 0 aliphatic carbocycles. The number of fused-ring (bicyclic) bond motifs is 2. The van der Waals surface area contributed by atoms with Gasteiger partial charge in [-0.3, -0.25) is 9.36 Å². The second-order valence-electron chi connectivity index (χ2n) is 6.74. The van der Waals surface area contributed by atoms with Crippen molar-refractivity contribution in [2.75, 3.05) is 0 Å². The first-order valence-corrected chi connectivity index (χ1v) is 9.50. The van der Waals surface area contributed by atoms with Crippen molar-refractivity contribution in [2.24, 2.45) is 0 Å². The fourth-order valence-corrected chi connectivity index (χ4v) is 3.47. The van der Waals surface area contributed by atoms with Crippen LogP contribution in [0.5, 0.6) is 0 Å². The number of imidazole rings is 1. The van der Waals surface area contributed by atoms with Gasteiger partial charge in [0.1, 0.15) is 5.82 Å². The van der Waals surface area contributed by atoms with E-state index in [4.69, 9.17) is 26.6 Å². The molecule has 0 bridgehead atoms. The Morgan fingerprint density at radius 2 is 1.48 bits per heavy atom. The van der Waals surface area contributed by atoms with Gasteiger partial charge in [-0.1, -0.05) is 23.7 Å². The van der Waals surface area contributed by atoms with E-state index in [1.165, 1.54) is 0 Å². The maximum atomic E-state index is 11.7. The number of ketones is 1. The van der Waals surface area contributed by atoms with Crippen LogP contribution in [0.25, 0.3) is 39.4 Å². The van der Waals surface area contributed by atoms with Crippen molar-refractivity contribution in [3.63, 3.8) is 0 Å². The Morgan fingerprint density at radius 1 is 0.828 bits per heavy atom. The van der Waals surface area contributed by atoms with Crippen LogP contribution in [0.4, 0.5) is 0 Å². The third-order valence-corrected chi connectivity index (χ3v) is 5.06. The van der Waals surface area contributed by atoms with E-state index in [0.717, 1.165) is 22.3 Å². The molecule has 0 aliphatic heterocycles. The minimum Gasteiger partial charge on any atom is -0.295 e. The third-order valence-electron chi connectivity index (χ3n) is 4.80. The zero-order chi connectivity index (χ0) is 20.0. The Labute approximate surface area is 171 Å². The van der Waals surface area contributed by atoms with E-state index in [9.17, 15) is 4.79 Å². The molecule has 0 unspecified atom stereocenters. The molecule has 2 aromatic heterocycles. The molecule has 0 saturated carbocycles. The topological polar surface area (TPSA) is 60.7 Å². The SMILES string of the molecule is CC(=O)c1ccc(-n2c(-c3ccc(Cl)cc3)nc3nc4ccccc4nc32)cc1. The van der Waals surface area contributed by atoms with Crippen molar-refractivity contribution in [3.8, 4) is 17.1 Å². The molecule has 140 valence electrons. The van der Waals surface area contributed by atoms with Gasteiger partial charge in [0.25, 0.3) is 0 Å². The summed E-state index contributed by atoms with van der Waals surface area (Å²) in [6.45, 7) is 1.55. The number of aromatic nitrogens is 4. The fraction of sp³-hybridized carbons (Fsp3) is 0.0435. The van der Waals surface area contributed by atoms with Crippen molar-refractivity contribution in [1.82, 2.24) is 19.5 Å². The number of Topliss-reactive ketones (excluding diaryl/α,β-unsaturated/α-hetero) is 1. The standard InChI is InChI=1S/C23H15ClN4O/c1-14(29)15-8-12-18(13-9-15)28-22(16-6-10-17(24)11-7-16)27-21-23(28)26-20-5-3-2-4-19(20)25-21/h2-13H,1H3. The Hall–Kier alpha value is -3.57. The van der Waals surface area contributed by atoms with Gasteiger partial charge in [-0.05, 0) is 67.6 Å². The lowest BCUT2D eigenvalue weighted by Gasteiger charge is -2.10. The molecule has 0 aliphatic rings. The number of hydrogen-bond donors (Lipinski definition) is 0. The molecule has 0 atom stereocenters. The number of para-hydroxylation sites is 2. The van der Waals surface area contributed by atoms with Gasteiger partial charge in [0.2, 0.25) is 0 Å². The third kappa shape index (κ3) is 3.05. The molecule has 0 N–H and O–H groups in total. The quantitative estimate of drug-likeness (QED) is 0.377. The summed E-state index contributed by atoms with van der Waals surface area (Å²) in [5.74, 6) is 0.735. The fourth-order valence-electron chi connectivity index (χ4n) is 3.34. The van der Waals surface area contributed by atoms with Crippen molar-refractivity contribution >= 4 is 39.7 Å². The Bertz CT molecular complexity index is 1370. The highest BCUT2D eigenvalue weighted by molar-refractivity contribution is 6.30. The van der Waals surface area contributed by atoms with Gasteiger partial charge in [-0.2, -0.15) is 0 Å². The van der Waals surface area contributed by atoms with E-state index in [2.05, 4.69) is 0 Å². The molecule has 5 aromatic rings. The number of halogens is 1. The number of carbonyl (C=O) groups excluding carboxylic acids is 1. The summed E-state index contributed by atoms with van der Waals surface area (Å²) in [5, 5.41) is 0.657. The van der Waals surface area contributed by atoms with Gasteiger partial charge in [0, 0.05) is 21.8 Å². The van der Waals surface area contributed by atoms with Crippen molar-refractivity contribution in [1.29, 1.82) is 0 Å². The van der Waals surface area contributed by atoms with E-state index < -0.39 is 0 Å². The first-order chi connectivity index (χ1) is 14.1. The van der Waals surface area contributed by atoms with Crippen molar-refractivity contribution < 1.29 is 4.79 Å². The lowest BCUT2D eigenvalue weighted by Crippen LogP contribution is -2.00. The second-order valence-corrected chi connectivity index (χ2v) is 7.18. The highest BCUT2D eigenvalue weighted by Gasteiger charge is 2.17. The van der Waals surface area contributed by atoms with Crippen LogP contribution in [0, 0.1) is 0 Å². The van der Waals surface area contributed by atoms with Gasteiger partial charge in [0.05, 0.1) is 11.0 Å². The van der Waals surface area contributed by atoms with Gasteiger partial charge in [-0.15, -0.1) is 0 Å². The molecular weight excluding hydrogens is 384 g/mol. The van der Waals surface area contributed by atoms with Gasteiger partial charge in [0.15, 0.2) is 17.1 Å². The maximum Gasteiger partial charge on any atom is 0.199 e. The monoisotopic (exact) mass is 398 g/mol. The van der Waals surface area contributed by atoms with Crippen molar-refractivity contribution in [2.45, 2.75) is 6.92 Å². The molecule has 5 nitrogen and oxygen atoms in total. The summed E-state index contributed by atoms with van der Waals surface area (Å²) in [5.41, 5.74) is 5.21. The van der Waals surface area contributed by atoms with Crippen LogP contribution in [0.2, 0.25) is 5.02 Å². The number of nitrogens with zero attached hydrogens (tertiary/aromatic N) is 4. The van der Waals surface area contributed by atoms with Gasteiger partial charge >= 0.3 is 0 Å². The summed E-state index contributed by atoms with van der Waals surface area (Å²) in [6.07, 6.45) is 0. The number of hydrogen-bond acceptors (Lipinski definition) is 4. The Balaban J connectivity index is 1.82. The summed E-state index contributed by atoms with van der Waals surface area (Å²) in [7, 11) is 0. The van der Waals surface area contributed by atoms with Crippen molar-refractivity contribution in [3.05, 3.63) is 83.4 Å². The minimum absolute atomic E-state index is 0.0238. The zero-order valence-corrected chi connectivity index (χ0v) is 16.3. The molecule has 0 amide bonds. The number of rotatable bonds is 3. The summed E-state index contributed by atoms with van der Waals surface area (Å²) >= 11 is 6.07. The molecular formula is C23H15ClN4O. The average Bonchev–Trinajstić information content (AvgIpc) is 3.10. The molecule has 0 radical (unpaired) electrons. The predicted octanol–water partition coefficient (Wildman–Crippen LogP) is 5.49. The van der Waals surface area contributed by atoms with Crippen LogP contribution in [0.3, 0.4) is 0 Å². The summed E-state index contributed by atoms with van der Waals surface area (Å²) in [4.78, 5) is 26.0. The van der Waals surface area contributed by atoms with Crippen LogP contribution in [-0.2, 0) is 0 Å². The molecule has 2 heterocycles. The van der Waals surface area contributed by atoms with E-state index in [1.807, 2.05) is 77.4 Å². The molecule has 0 spiro atoms. The average molecular weight is 399 g/mol. The van der Waals surface area contributed by atoms with Gasteiger partial charge < -0.3 is 0 Å². The Kier molecular flexibility index (Phi) is 4.11. The van der Waals surface area contributed by atoms with E-state index >= 15 is 0 Å². The highest BCUT2D eigenvalue weighted by Crippen LogP contribution is 2.29. The van der Waals surface area contributed by atoms with Crippen LogP contribution < -0.4 is 0 Å². The van der Waals surface area contributed by atoms with Crippen LogP contribution in [0.1, 0.15) is 17.3 Å². The van der Waals surface area contributed by atoms with Crippen LogP contribution >= 0.6 is 11.6 Å². The smallest absolute Gasteiger partial charge is 0.199 e. The number of benzene rings is 3. The lowest BCUT2D eigenvalue weighted by molar-refractivity contribution is 0.101. The largest absolute Gasteiger partial charge is 0.295 e. The summed E-state index contributed by atoms with van der Waals surface area (Å²) in [6, 6.07) is 22.6. The lowest BCUT2D eigenvalue weighted by atomic mass is 10.1. The zero-order valence-electron chi connectivity index (χ0n) is 15.5. The van der Waals surface area contributed by atoms with E-state index in [0.29, 0.717) is 27.7 Å². The first kappa shape index (κ1) is 17.5.